The zero-order chi connectivity index (χ0) is 18.5. The van der Waals surface area contributed by atoms with Gasteiger partial charge in [0.2, 0.25) is 5.95 Å². The fraction of sp³-hybridized carbons (Fsp3) is 0.267. The molecule has 0 saturated heterocycles. The predicted octanol–water partition coefficient (Wildman–Crippen LogP) is 3.06. The fourth-order valence-electron chi connectivity index (χ4n) is 2.38. The molecule has 27 heavy (non-hydrogen) atoms. The maximum atomic E-state index is 11.7. The van der Waals surface area contributed by atoms with E-state index < -0.39 is 11.2 Å². The Balaban J connectivity index is 0.00000261. The molecule has 0 bridgehead atoms. The average Bonchev–Trinajstić information content (AvgIpc) is 3.03. The normalized spacial score (nSPS) is 11.0. The van der Waals surface area contributed by atoms with Crippen LogP contribution in [0.1, 0.15) is 0 Å². The lowest BCUT2D eigenvalue weighted by Gasteiger charge is -2.22. The lowest BCUT2D eigenvalue weighted by atomic mass is 10.2. The molecular formula is C15H16Cl3N7O2. The number of hydrogen-bond donors (Lipinski definition) is 3. The van der Waals surface area contributed by atoms with Crippen LogP contribution in [-0.4, -0.2) is 44.8 Å². The van der Waals surface area contributed by atoms with E-state index in [4.69, 9.17) is 23.2 Å². The van der Waals surface area contributed by atoms with Crippen molar-refractivity contribution in [3.8, 4) is 0 Å². The summed E-state index contributed by atoms with van der Waals surface area (Å²) in [7, 11) is 0. The smallest absolute Gasteiger partial charge is 0.327 e. The molecule has 0 atom stereocenters. The number of halogens is 3. The van der Waals surface area contributed by atoms with Gasteiger partial charge in [0.1, 0.15) is 0 Å². The SMILES string of the molecule is Cl.O=c1[nH]c(=O)c2[nH]c(N=Nc3ccc(N(CCCl)CCCl)cc3)nc2[nH]1. The van der Waals surface area contributed by atoms with Gasteiger partial charge in [-0.15, -0.1) is 45.8 Å². The molecule has 0 radical (unpaired) electrons. The van der Waals surface area contributed by atoms with Crippen LogP contribution in [0, 0.1) is 0 Å². The number of nitrogens with zero attached hydrogens (tertiary/aromatic N) is 4. The van der Waals surface area contributed by atoms with Gasteiger partial charge < -0.3 is 9.88 Å². The molecule has 0 aliphatic carbocycles. The van der Waals surface area contributed by atoms with E-state index in [1.165, 1.54) is 0 Å². The van der Waals surface area contributed by atoms with Crippen LogP contribution in [-0.2, 0) is 0 Å². The molecule has 0 amide bonds. The zero-order valence-electron chi connectivity index (χ0n) is 13.9. The van der Waals surface area contributed by atoms with Crippen molar-refractivity contribution in [2.45, 2.75) is 0 Å². The predicted molar refractivity (Wildman–Crippen MR) is 109 cm³/mol. The highest BCUT2D eigenvalue weighted by Crippen LogP contribution is 2.22. The average molecular weight is 433 g/mol. The molecule has 9 nitrogen and oxygen atoms in total. The van der Waals surface area contributed by atoms with Gasteiger partial charge in [-0.25, -0.2) is 4.79 Å². The Bertz CT molecular complexity index is 1020. The Morgan fingerprint density at radius 1 is 0.963 bits per heavy atom. The Labute approximate surface area is 169 Å². The summed E-state index contributed by atoms with van der Waals surface area (Å²) in [6, 6.07) is 7.39. The Kier molecular flexibility index (Phi) is 7.40. The van der Waals surface area contributed by atoms with Gasteiger partial charge in [0, 0.05) is 30.5 Å². The number of aromatic amines is 3. The topological polar surface area (TPSA) is 122 Å². The summed E-state index contributed by atoms with van der Waals surface area (Å²) in [6.07, 6.45) is 0. The first kappa shape index (κ1) is 20.9. The van der Waals surface area contributed by atoms with Crippen molar-refractivity contribution in [1.82, 2.24) is 19.9 Å². The standard InChI is InChI=1S/C15H15Cl2N7O2.ClH/c16-5-7-24(8-6-17)10-3-1-9(2-4-10)22-23-14-18-11-12(19-14)20-15(26)21-13(11)25;/h1-4H,5-8H2,(H3,18,19,20,21,25,26);1H. The van der Waals surface area contributed by atoms with Crippen LogP contribution >= 0.6 is 35.6 Å². The number of imidazole rings is 1. The lowest BCUT2D eigenvalue weighted by molar-refractivity contribution is 0.874. The fourth-order valence-corrected chi connectivity index (χ4v) is 2.78. The van der Waals surface area contributed by atoms with Crippen molar-refractivity contribution in [3.05, 3.63) is 45.1 Å². The molecule has 144 valence electrons. The van der Waals surface area contributed by atoms with Crippen LogP contribution in [0.4, 0.5) is 17.3 Å². The van der Waals surface area contributed by atoms with Crippen LogP contribution < -0.4 is 16.1 Å². The number of anilines is 1. The molecule has 2 heterocycles. The van der Waals surface area contributed by atoms with Gasteiger partial charge in [0.05, 0.1) is 5.69 Å². The van der Waals surface area contributed by atoms with Gasteiger partial charge in [0.25, 0.3) is 5.56 Å². The van der Waals surface area contributed by atoms with Gasteiger partial charge in [-0.1, -0.05) is 0 Å². The first-order chi connectivity index (χ1) is 12.6. The Hall–Kier alpha value is -2.36. The first-order valence-corrected chi connectivity index (χ1v) is 8.78. The summed E-state index contributed by atoms with van der Waals surface area (Å²) in [4.78, 5) is 36.2. The minimum Gasteiger partial charge on any atom is -0.369 e. The van der Waals surface area contributed by atoms with Gasteiger partial charge >= 0.3 is 5.69 Å². The van der Waals surface area contributed by atoms with E-state index >= 15 is 0 Å². The number of rotatable bonds is 7. The molecule has 3 rings (SSSR count). The van der Waals surface area contributed by atoms with E-state index in [1.54, 1.807) is 12.1 Å². The van der Waals surface area contributed by atoms with Gasteiger partial charge in [-0.3, -0.25) is 14.8 Å². The van der Waals surface area contributed by atoms with Crippen LogP contribution in [0.2, 0.25) is 0 Å². The molecule has 2 aromatic heterocycles. The van der Waals surface area contributed by atoms with Gasteiger partial charge in [-0.05, 0) is 24.3 Å². The quantitative estimate of drug-likeness (QED) is 0.392. The number of alkyl halides is 2. The van der Waals surface area contributed by atoms with E-state index in [1.807, 2.05) is 12.1 Å². The van der Waals surface area contributed by atoms with E-state index in [-0.39, 0.29) is 29.5 Å². The summed E-state index contributed by atoms with van der Waals surface area (Å²) < 4.78 is 0. The third kappa shape index (κ3) is 5.09. The minimum atomic E-state index is -0.633. The van der Waals surface area contributed by atoms with E-state index in [0.29, 0.717) is 30.5 Å². The molecule has 0 spiro atoms. The number of azo groups is 1. The molecule has 1 aromatic carbocycles. The van der Waals surface area contributed by atoms with Crippen molar-refractivity contribution < 1.29 is 0 Å². The van der Waals surface area contributed by atoms with Gasteiger partial charge in [-0.2, -0.15) is 4.98 Å². The monoisotopic (exact) mass is 431 g/mol. The van der Waals surface area contributed by atoms with Crippen LogP contribution in [0.3, 0.4) is 0 Å². The van der Waals surface area contributed by atoms with E-state index in [2.05, 4.69) is 35.1 Å². The third-order valence-corrected chi connectivity index (χ3v) is 3.90. The maximum absolute atomic E-state index is 11.7. The number of hydrogen-bond acceptors (Lipinski definition) is 6. The highest BCUT2D eigenvalue weighted by Gasteiger charge is 2.07. The number of aromatic nitrogens is 4. The molecule has 12 heteroatoms. The number of nitrogens with one attached hydrogen (secondary N) is 3. The summed E-state index contributed by atoms with van der Waals surface area (Å²) >= 11 is 11.6. The van der Waals surface area contributed by atoms with Crippen LogP contribution in [0.5, 0.6) is 0 Å². The number of fused-ring (bicyclic) bond motifs is 1. The van der Waals surface area contributed by atoms with Crippen molar-refractivity contribution in [2.24, 2.45) is 10.2 Å². The summed E-state index contributed by atoms with van der Waals surface area (Å²) in [5.41, 5.74) is 0.645. The van der Waals surface area contributed by atoms with E-state index in [9.17, 15) is 9.59 Å². The van der Waals surface area contributed by atoms with Gasteiger partial charge in [0.15, 0.2) is 11.2 Å². The molecular weight excluding hydrogens is 417 g/mol. The maximum Gasteiger partial charge on any atom is 0.327 e. The molecule has 3 N–H and O–H groups in total. The molecule has 0 fully saturated rings. The van der Waals surface area contributed by atoms with Crippen molar-refractivity contribution >= 4 is 64.1 Å². The Morgan fingerprint density at radius 3 is 2.26 bits per heavy atom. The molecule has 0 unspecified atom stereocenters. The second-order valence-electron chi connectivity index (χ2n) is 5.27. The van der Waals surface area contributed by atoms with E-state index in [0.717, 1.165) is 5.69 Å². The highest BCUT2D eigenvalue weighted by molar-refractivity contribution is 6.18. The first-order valence-electron chi connectivity index (χ1n) is 7.71. The molecule has 0 saturated carbocycles. The molecule has 0 aliphatic rings. The second kappa shape index (κ2) is 9.54. The molecule has 3 aromatic rings. The number of H-pyrrole nitrogens is 3. The summed E-state index contributed by atoms with van der Waals surface area (Å²) in [5, 5.41) is 8.03. The largest absolute Gasteiger partial charge is 0.369 e. The second-order valence-corrected chi connectivity index (χ2v) is 6.03. The van der Waals surface area contributed by atoms with Crippen LogP contribution in [0.25, 0.3) is 11.2 Å². The van der Waals surface area contributed by atoms with Crippen LogP contribution in [0.15, 0.2) is 44.1 Å². The van der Waals surface area contributed by atoms with Crippen molar-refractivity contribution in [3.63, 3.8) is 0 Å². The van der Waals surface area contributed by atoms with Crippen molar-refractivity contribution in [2.75, 3.05) is 29.7 Å². The lowest BCUT2D eigenvalue weighted by Crippen LogP contribution is -2.27. The minimum absolute atomic E-state index is 0. The summed E-state index contributed by atoms with van der Waals surface area (Å²) in [5.74, 6) is 1.12. The number of benzene rings is 1. The highest BCUT2D eigenvalue weighted by atomic mass is 35.5. The van der Waals surface area contributed by atoms with Crippen molar-refractivity contribution in [1.29, 1.82) is 0 Å². The molecule has 0 aliphatic heterocycles. The summed E-state index contributed by atoms with van der Waals surface area (Å²) in [6.45, 7) is 1.39. The Morgan fingerprint density at radius 2 is 1.63 bits per heavy atom. The zero-order valence-corrected chi connectivity index (χ0v) is 16.2. The third-order valence-electron chi connectivity index (χ3n) is 3.56.